The topological polar surface area (TPSA) is 41.1 Å². The SMILES string of the molecule is O=C(CNc1ccccc1Br)Nc1ccccc1F. The minimum Gasteiger partial charge on any atom is -0.375 e. The number of benzene rings is 2. The van der Waals surface area contributed by atoms with Gasteiger partial charge in [-0.25, -0.2) is 4.39 Å². The summed E-state index contributed by atoms with van der Waals surface area (Å²) in [6, 6.07) is 13.5. The van der Waals surface area contributed by atoms with Crippen LogP contribution in [0.2, 0.25) is 0 Å². The number of hydrogen-bond acceptors (Lipinski definition) is 2. The smallest absolute Gasteiger partial charge is 0.243 e. The normalized spacial score (nSPS) is 10.0. The second-order valence-corrected chi connectivity index (χ2v) is 4.72. The lowest BCUT2D eigenvalue weighted by atomic mass is 10.3. The standard InChI is InChI=1S/C14H12BrFN2O/c15-10-5-1-3-7-12(10)17-9-14(19)18-13-8-4-2-6-11(13)16/h1-8,17H,9H2,(H,18,19). The average molecular weight is 323 g/mol. The maximum Gasteiger partial charge on any atom is 0.243 e. The first-order valence-electron chi connectivity index (χ1n) is 5.69. The predicted molar refractivity (Wildman–Crippen MR) is 77.7 cm³/mol. The van der Waals surface area contributed by atoms with Gasteiger partial charge in [-0.3, -0.25) is 4.79 Å². The highest BCUT2D eigenvalue weighted by Gasteiger charge is 2.06. The Kier molecular flexibility index (Phi) is 4.52. The van der Waals surface area contributed by atoms with Crippen LogP contribution in [0.15, 0.2) is 53.0 Å². The Hall–Kier alpha value is -1.88. The van der Waals surface area contributed by atoms with E-state index in [2.05, 4.69) is 26.6 Å². The summed E-state index contributed by atoms with van der Waals surface area (Å²) < 4.78 is 14.2. The lowest BCUT2D eigenvalue weighted by Crippen LogP contribution is -2.22. The van der Waals surface area contributed by atoms with Crippen molar-refractivity contribution in [2.24, 2.45) is 0 Å². The average Bonchev–Trinajstić information content (AvgIpc) is 2.40. The number of hydrogen-bond donors (Lipinski definition) is 2. The number of carbonyl (C=O) groups excluding carboxylic acids is 1. The fraction of sp³-hybridized carbons (Fsp3) is 0.0714. The summed E-state index contributed by atoms with van der Waals surface area (Å²) in [6.45, 7) is 0.0664. The molecule has 0 aliphatic carbocycles. The van der Waals surface area contributed by atoms with Gasteiger partial charge in [-0.2, -0.15) is 0 Å². The molecule has 0 saturated heterocycles. The molecule has 2 N–H and O–H groups in total. The number of para-hydroxylation sites is 2. The van der Waals surface area contributed by atoms with Gasteiger partial charge >= 0.3 is 0 Å². The Morgan fingerprint density at radius 2 is 1.68 bits per heavy atom. The third-order valence-corrected chi connectivity index (χ3v) is 3.15. The molecule has 0 fully saturated rings. The monoisotopic (exact) mass is 322 g/mol. The summed E-state index contributed by atoms with van der Waals surface area (Å²) in [5, 5.41) is 5.48. The molecule has 0 aliphatic heterocycles. The fourth-order valence-electron chi connectivity index (χ4n) is 1.54. The molecule has 5 heteroatoms. The number of carbonyl (C=O) groups is 1. The molecule has 0 spiro atoms. The number of nitrogens with one attached hydrogen (secondary N) is 2. The number of amides is 1. The number of rotatable bonds is 4. The molecule has 0 bridgehead atoms. The Balaban J connectivity index is 1.92. The van der Waals surface area contributed by atoms with Crippen LogP contribution in [0.3, 0.4) is 0 Å². The zero-order valence-corrected chi connectivity index (χ0v) is 11.6. The molecule has 2 aromatic rings. The maximum absolute atomic E-state index is 13.3. The van der Waals surface area contributed by atoms with Gasteiger partial charge in [0.15, 0.2) is 0 Å². The molecule has 0 aliphatic rings. The third-order valence-electron chi connectivity index (χ3n) is 2.46. The second-order valence-electron chi connectivity index (χ2n) is 3.86. The van der Waals surface area contributed by atoms with E-state index in [1.165, 1.54) is 12.1 Å². The van der Waals surface area contributed by atoms with Crippen LogP contribution in [0.1, 0.15) is 0 Å². The summed E-state index contributed by atoms with van der Waals surface area (Å²) in [7, 11) is 0. The van der Waals surface area contributed by atoms with Crippen LogP contribution in [0.5, 0.6) is 0 Å². The maximum atomic E-state index is 13.3. The zero-order valence-electron chi connectivity index (χ0n) is 9.99. The second kappa shape index (κ2) is 6.33. The van der Waals surface area contributed by atoms with Crippen molar-refractivity contribution < 1.29 is 9.18 Å². The van der Waals surface area contributed by atoms with Gasteiger partial charge < -0.3 is 10.6 Å². The molecule has 3 nitrogen and oxygen atoms in total. The van der Waals surface area contributed by atoms with Crippen LogP contribution >= 0.6 is 15.9 Å². The van der Waals surface area contributed by atoms with Crippen molar-refractivity contribution in [2.75, 3.05) is 17.2 Å². The van der Waals surface area contributed by atoms with Crippen molar-refractivity contribution in [1.82, 2.24) is 0 Å². The van der Waals surface area contributed by atoms with Gasteiger partial charge in [0.25, 0.3) is 0 Å². The Morgan fingerprint density at radius 1 is 1.05 bits per heavy atom. The Bertz CT molecular complexity index is 589. The number of halogens is 2. The summed E-state index contributed by atoms with van der Waals surface area (Å²) in [5.41, 5.74) is 0.993. The van der Waals surface area contributed by atoms with Gasteiger partial charge in [0.1, 0.15) is 5.82 Å². The van der Waals surface area contributed by atoms with Crippen LogP contribution in [-0.4, -0.2) is 12.5 Å². The van der Waals surface area contributed by atoms with Crippen molar-refractivity contribution in [3.63, 3.8) is 0 Å². The first-order valence-corrected chi connectivity index (χ1v) is 6.49. The molecule has 0 radical (unpaired) electrons. The Labute approximate surface area is 119 Å². The molecule has 1 amide bonds. The Morgan fingerprint density at radius 3 is 2.37 bits per heavy atom. The number of anilines is 2. The summed E-state index contributed by atoms with van der Waals surface area (Å²) in [5.74, 6) is -0.752. The highest BCUT2D eigenvalue weighted by molar-refractivity contribution is 9.10. The first-order chi connectivity index (χ1) is 9.16. The molecule has 2 rings (SSSR count). The van der Waals surface area contributed by atoms with Crippen LogP contribution in [0, 0.1) is 5.82 Å². The van der Waals surface area contributed by atoms with Gasteiger partial charge in [0.05, 0.1) is 12.2 Å². The van der Waals surface area contributed by atoms with Crippen LogP contribution in [-0.2, 0) is 4.79 Å². The van der Waals surface area contributed by atoms with Crippen LogP contribution in [0.4, 0.5) is 15.8 Å². The minimum absolute atomic E-state index is 0.0664. The first kappa shape index (κ1) is 13.5. The highest BCUT2D eigenvalue weighted by atomic mass is 79.9. The van der Waals surface area contributed by atoms with Crippen molar-refractivity contribution in [3.8, 4) is 0 Å². The molecular weight excluding hydrogens is 311 g/mol. The molecule has 0 heterocycles. The zero-order chi connectivity index (χ0) is 13.7. The van der Waals surface area contributed by atoms with Crippen molar-refractivity contribution in [2.45, 2.75) is 0 Å². The van der Waals surface area contributed by atoms with E-state index in [0.29, 0.717) is 0 Å². The molecule has 2 aromatic carbocycles. The highest BCUT2D eigenvalue weighted by Crippen LogP contribution is 2.20. The van der Waals surface area contributed by atoms with E-state index in [0.717, 1.165) is 10.2 Å². The van der Waals surface area contributed by atoms with E-state index in [-0.39, 0.29) is 18.1 Å². The largest absolute Gasteiger partial charge is 0.375 e. The predicted octanol–water partition coefficient (Wildman–Crippen LogP) is 3.64. The van der Waals surface area contributed by atoms with Crippen molar-refractivity contribution in [1.29, 1.82) is 0 Å². The third kappa shape index (κ3) is 3.79. The van der Waals surface area contributed by atoms with E-state index < -0.39 is 5.82 Å². The molecule has 0 aromatic heterocycles. The summed E-state index contributed by atoms with van der Waals surface area (Å²) in [4.78, 5) is 11.7. The molecule has 19 heavy (non-hydrogen) atoms. The van der Waals surface area contributed by atoms with E-state index >= 15 is 0 Å². The van der Waals surface area contributed by atoms with E-state index in [9.17, 15) is 9.18 Å². The van der Waals surface area contributed by atoms with Gasteiger partial charge in [-0.1, -0.05) is 24.3 Å². The summed E-state index contributed by atoms with van der Waals surface area (Å²) >= 11 is 3.37. The molecule has 0 atom stereocenters. The molecule has 0 unspecified atom stereocenters. The lowest BCUT2D eigenvalue weighted by Gasteiger charge is -2.09. The molecule has 98 valence electrons. The van der Waals surface area contributed by atoms with Crippen molar-refractivity contribution >= 4 is 33.2 Å². The van der Waals surface area contributed by atoms with E-state index in [1.807, 2.05) is 24.3 Å². The van der Waals surface area contributed by atoms with Gasteiger partial charge in [0.2, 0.25) is 5.91 Å². The van der Waals surface area contributed by atoms with Gasteiger partial charge in [-0.05, 0) is 40.2 Å². The lowest BCUT2D eigenvalue weighted by molar-refractivity contribution is -0.114. The van der Waals surface area contributed by atoms with Crippen molar-refractivity contribution in [3.05, 3.63) is 58.8 Å². The van der Waals surface area contributed by atoms with E-state index in [4.69, 9.17) is 0 Å². The van der Waals surface area contributed by atoms with Crippen LogP contribution in [0.25, 0.3) is 0 Å². The van der Waals surface area contributed by atoms with Crippen LogP contribution < -0.4 is 10.6 Å². The fourth-order valence-corrected chi connectivity index (χ4v) is 1.96. The quantitative estimate of drug-likeness (QED) is 0.902. The van der Waals surface area contributed by atoms with E-state index in [1.54, 1.807) is 12.1 Å². The van der Waals surface area contributed by atoms with Gasteiger partial charge in [0, 0.05) is 10.2 Å². The summed E-state index contributed by atoms with van der Waals surface area (Å²) in [6.07, 6.45) is 0. The van der Waals surface area contributed by atoms with Gasteiger partial charge in [-0.15, -0.1) is 0 Å². The minimum atomic E-state index is -0.447. The molecular formula is C14H12BrFN2O. The molecule has 0 saturated carbocycles.